The lowest BCUT2D eigenvalue weighted by atomic mass is 10.2. The minimum Gasteiger partial charge on any atom is -0.381 e. The summed E-state index contributed by atoms with van der Waals surface area (Å²) in [6.07, 6.45) is 3.36. The van der Waals surface area contributed by atoms with Crippen molar-refractivity contribution in [2.24, 2.45) is 0 Å². The maximum atomic E-state index is 10.9. The van der Waals surface area contributed by atoms with Crippen LogP contribution < -0.4 is 5.32 Å². The van der Waals surface area contributed by atoms with Crippen LogP contribution in [0.2, 0.25) is 0 Å². The van der Waals surface area contributed by atoms with E-state index in [1.807, 2.05) is 0 Å². The Morgan fingerprint density at radius 2 is 2.28 bits per heavy atom. The van der Waals surface area contributed by atoms with Gasteiger partial charge in [0.1, 0.15) is 0 Å². The third kappa shape index (κ3) is 4.29. The number of hydrogen-bond acceptors (Lipinski definition) is 5. The third-order valence-corrected chi connectivity index (χ3v) is 2.41. The number of rotatable bonds is 8. The van der Waals surface area contributed by atoms with E-state index in [2.05, 4.69) is 17.2 Å². The molecule has 6 heteroatoms. The molecule has 100 valence electrons. The van der Waals surface area contributed by atoms with E-state index in [9.17, 15) is 10.1 Å². The van der Waals surface area contributed by atoms with Crippen LogP contribution in [0.1, 0.15) is 25.3 Å². The molecule has 0 radical (unpaired) electrons. The van der Waals surface area contributed by atoms with Gasteiger partial charge in [0.15, 0.2) is 0 Å². The number of aryl methyl sites for hydroxylation is 1. The Kier molecular flexibility index (Phi) is 6.07. The minimum absolute atomic E-state index is 0.0481. The molecule has 6 nitrogen and oxygen atoms in total. The second-order valence-electron chi connectivity index (χ2n) is 3.97. The lowest BCUT2D eigenvalue weighted by Crippen LogP contribution is -2.09. The van der Waals surface area contributed by atoms with E-state index in [-0.39, 0.29) is 5.69 Å². The van der Waals surface area contributed by atoms with Gasteiger partial charge in [-0.15, -0.1) is 0 Å². The van der Waals surface area contributed by atoms with E-state index in [0.717, 1.165) is 19.4 Å². The van der Waals surface area contributed by atoms with Gasteiger partial charge in [-0.2, -0.15) is 0 Å². The van der Waals surface area contributed by atoms with Crippen molar-refractivity contribution in [1.29, 1.82) is 0 Å². The standard InChI is InChI=1S/C12H19N3O3/c1-3-8-18-9-4-6-13-12-11(15(16)17)10(2)5-7-14-12/h5,7H,3-4,6,8-9H2,1-2H3,(H,13,14). The zero-order valence-electron chi connectivity index (χ0n) is 10.8. The van der Waals surface area contributed by atoms with Crippen LogP contribution in [0.5, 0.6) is 0 Å². The van der Waals surface area contributed by atoms with E-state index in [1.54, 1.807) is 19.2 Å². The van der Waals surface area contributed by atoms with Gasteiger partial charge < -0.3 is 10.1 Å². The Morgan fingerprint density at radius 1 is 1.50 bits per heavy atom. The summed E-state index contributed by atoms with van der Waals surface area (Å²) in [4.78, 5) is 14.5. The molecule has 0 saturated carbocycles. The number of hydrogen-bond donors (Lipinski definition) is 1. The number of pyridine rings is 1. The van der Waals surface area contributed by atoms with Gasteiger partial charge in [0.05, 0.1) is 4.92 Å². The number of anilines is 1. The first-order valence-electron chi connectivity index (χ1n) is 6.08. The third-order valence-electron chi connectivity index (χ3n) is 2.41. The molecule has 0 unspecified atom stereocenters. The molecule has 0 aliphatic carbocycles. The number of nitro groups is 1. The summed E-state index contributed by atoms with van der Waals surface area (Å²) in [7, 11) is 0. The summed E-state index contributed by atoms with van der Waals surface area (Å²) < 4.78 is 5.33. The van der Waals surface area contributed by atoms with Gasteiger partial charge in [0.25, 0.3) is 0 Å². The zero-order chi connectivity index (χ0) is 13.4. The number of nitrogens with zero attached hydrogens (tertiary/aromatic N) is 2. The fraction of sp³-hybridized carbons (Fsp3) is 0.583. The highest BCUT2D eigenvalue weighted by Crippen LogP contribution is 2.25. The number of ether oxygens (including phenoxy) is 1. The maximum absolute atomic E-state index is 10.9. The molecule has 0 aliphatic heterocycles. The minimum atomic E-state index is -0.405. The number of aromatic nitrogens is 1. The van der Waals surface area contributed by atoms with Crippen molar-refractivity contribution in [1.82, 2.24) is 4.98 Å². The van der Waals surface area contributed by atoms with E-state index in [0.29, 0.717) is 24.5 Å². The van der Waals surface area contributed by atoms with Crippen molar-refractivity contribution in [2.75, 3.05) is 25.1 Å². The van der Waals surface area contributed by atoms with Gasteiger partial charge in [-0.1, -0.05) is 6.92 Å². The van der Waals surface area contributed by atoms with Crippen molar-refractivity contribution < 1.29 is 9.66 Å². The summed E-state index contributed by atoms with van der Waals surface area (Å²) in [6.45, 7) is 5.78. The molecular weight excluding hydrogens is 234 g/mol. The first-order chi connectivity index (χ1) is 8.66. The van der Waals surface area contributed by atoms with Crippen LogP contribution in [0, 0.1) is 17.0 Å². The van der Waals surface area contributed by atoms with Crippen LogP contribution in [0.15, 0.2) is 12.3 Å². The largest absolute Gasteiger partial charge is 0.381 e. The molecule has 1 heterocycles. The summed E-state index contributed by atoms with van der Waals surface area (Å²) in [5.41, 5.74) is 0.659. The normalized spacial score (nSPS) is 10.3. The Labute approximate surface area is 107 Å². The molecule has 1 aromatic heterocycles. The van der Waals surface area contributed by atoms with Crippen molar-refractivity contribution in [3.8, 4) is 0 Å². The molecule has 1 rings (SSSR count). The lowest BCUT2D eigenvalue weighted by Gasteiger charge is -2.07. The van der Waals surface area contributed by atoms with Crippen LogP contribution in [-0.2, 0) is 4.74 Å². The second-order valence-corrected chi connectivity index (χ2v) is 3.97. The van der Waals surface area contributed by atoms with Crippen molar-refractivity contribution in [3.63, 3.8) is 0 Å². The topological polar surface area (TPSA) is 77.3 Å². The van der Waals surface area contributed by atoms with Crippen LogP contribution in [0.3, 0.4) is 0 Å². The monoisotopic (exact) mass is 253 g/mol. The van der Waals surface area contributed by atoms with Gasteiger partial charge >= 0.3 is 5.69 Å². The quantitative estimate of drug-likeness (QED) is 0.437. The molecule has 18 heavy (non-hydrogen) atoms. The fourth-order valence-corrected chi connectivity index (χ4v) is 1.54. The highest BCUT2D eigenvalue weighted by molar-refractivity contribution is 5.59. The fourth-order valence-electron chi connectivity index (χ4n) is 1.54. The summed E-state index contributed by atoms with van der Waals surface area (Å²) >= 11 is 0. The van der Waals surface area contributed by atoms with Crippen molar-refractivity contribution >= 4 is 11.5 Å². The molecule has 1 aromatic rings. The molecule has 0 spiro atoms. The van der Waals surface area contributed by atoms with E-state index < -0.39 is 4.92 Å². The van der Waals surface area contributed by atoms with Gasteiger partial charge in [-0.05, 0) is 25.8 Å². The van der Waals surface area contributed by atoms with Gasteiger partial charge in [0, 0.05) is 31.5 Å². The molecular formula is C12H19N3O3. The summed E-state index contributed by atoms with van der Waals surface area (Å²) in [6, 6.07) is 1.63. The van der Waals surface area contributed by atoms with Crippen LogP contribution in [0.25, 0.3) is 0 Å². The van der Waals surface area contributed by atoms with E-state index >= 15 is 0 Å². The molecule has 0 aromatic carbocycles. The second kappa shape index (κ2) is 7.60. The molecule has 0 amide bonds. The van der Waals surface area contributed by atoms with E-state index in [4.69, 9.17) is 4.74 Å². The Hall–Kier alpha value is -1.69. The van der Waals surface area contributed by atoms with Gasteiger partial charge in [-0.25, -0.2) is 4.98 Å². The average molecular weight is 253 g/mol. The Bertz CT molecular complexity index is 396. The molecule has 0 fully saturated rings. The molecule has 0 atom stereocenters. The Morgan fingerprint density at radius 3 is 2.94 bits per heavy atom. The number of nitrogens with one attached hydrogen (secondary N) is 1. The lowest BCUT2D eigenvalue weighted by molar-refractivity contribution is -0.384. The highest BCUT2D eigenvalue weighted by Gasteiger charge is 2.17. The predicted molar refractivity (Wildman–Crippen MR) is 69.8 cm³/mol. The smallest absolute Gasteiger partial charge is 0.314 e. The van der Waals surface area contributed by atoms with Crippen LogP contribution in [0.4, 0.5) is 11.5 Å². The average Bonchev–Trinajstić information content (AvgIpc) is 2.33. The molecule has 0 aliphatic rings. The first kappa shape index (κ1) is 14.4. The Balaban J connectivity index is 2.47. The summed E-state index contributed by atoms with van der Waals surface area (Å²) in [5, 5.41) is 13.9. The zero-order valence-corrected chi connectivity index (χ0v) is 10.8. The molecule has 0 saturated heterocycles. The SMILES string of the molecule is CCCOCCCNc1nccc(C)c1[N+](=O)[O-]. The van der Waals surface area contributed by atoms with Gasteiger partial charge in [0.2, 0.25) is 5.82 Å². The van der Waals surface area contributed by atoms with Crippen LogP contribution in [-0.4, -0.2) is 29.7 Å². The predicted octanol–water partition coefficient (Wildman–Crippen LogP) is 2.53. The van der Waals surface area contributed by atoms with E-state index in [1.165, 1.54) is 0 Å². The highest BCUT2D eigenvalue weighted by atomic mass is 16.6. The summed E-state index contributed by atoms with van der Waals surface area (Å²) in [5.74, 6) is 0.329. The van der Waals surface area contributed by atoms with Crippen molar-refractivity contribution in [3.05, 3.63) is 27.9 Å². The molecule has 0 bridgehead atoms. The van der Waals surface area contributed by atoms with Gasteiger partial charge in [-0.3, -0.25) is 10.1 Å². The van der Waals surface area contributed by atoms with Crippen LogP contribution >= 0.6 is 0 Å². The maximum Gasteiger partial charge on any atom is 0.314 e. The first-order valence-corrected chi connectivity index (χ1v) is 6.08. The van der Waals surface area contributed by atoms with Crippen molar-refractivity contribution in [2.45, 2.75) is 26.7 Å². The molecule has 1 N–H and O–H groups in total.